The van der Waals surface area contributed by atoms with E-state index in [1.807, 2.05) is 22.8 Å². The van der Waals surface area contributed by atoms with Gasteiger partial charge < -0.3 is 44.9 Å². The van der Waals surface area contributed by atoms with Crippen molar-refractivity contribution in [3.63, 3.8) is 0 Å². The number of ether oxygens (including phenoxy) is 4. The Hall–Kier alpha value is -6.33. The van der Waals surface area contributed by atoms with Crippen LogP contribution in [-0.4, -0.2) is 159 Å². The zero-order chi connectivity index (χ0) is 56.2. The van der Waals surface area contributed by atoms with Gasteiger partial charge >= 0.3 is 24.5 Å². The van der Waals surface area contributed by atoms with Crippen LogP contribution in [0.15, 0.2) is 54.7 Å². The van der Waals surface area contributed by atoms with Gasteiger partial charge in [-0.3, -0.25) is 19.9 Å². The number of halogens is 8. The molecule has 0 saturated carbocycles. The van der Waals surface area contributed by atoms with Gasteiger partial charge in [0.2, 0.25) is 5.91 Å². The number of nitrogens with one attached hydrogen (secondary N) is 4. The van der Waals surface area contributed by atoms with Gasteiger partial charge in [0.05, 0.1) is 57.1 Å². The van der Waals surface area contributed by atoms with E-state index in [0.717, 1.165) is 71.3 Å². The number of benzene rings is 2. The highest BCUT2D eigenvalue weighted by Crippen LogP contribution is 2.43. The fourth-order valence-corrected chi connectivity index (χ4v) is 9.54. The summed E-state index contributed by atoms with van der Waals surface area (Å²) in [6, 6.07) is 9.21. The second kappa shape index (κ2) is 23.7. The summed E-state index contributed by atoms with van der Waals surface area (Å²) >= 11 is 0. The molecule has 1 aromatic heterocycles. The van der Waals surface area contributed by atoms with Crippen molar-refractivity contribution < 1.29 is 78.4 Å². The van der Waals surface area contributed by atoms with Gasteiger partial charge in [-0.2, -0.15) is 26.3 Å². The van der Waals surface area contributed by atoms with E-state index < -0.39 is 108 Å². The van der Waals surface area contributed by atoms with Crippen LogP contribution in [0.2, 0.25) is 0 Å². The first-order chi connectivity index (χ1) is 36.2. The fraction of sp³-hybridized carbons (Fsp3) is 0.558. The van der Waals surface area contributed by atoms with E-state index in [-0.39, 0.29) is 24.7 Å². The van der Waals surface area contributed by atoms with E-state index in [0.29, 0.717) is 67.5 Å². The summed E-state index contributed by atoms with van der Waals surface area (Å²) in [6.07, 6.45) is -14.5. The molecule has 4 amide bonds. The third-order valence-electron chi connectivity index (χ3n) is 14.7. The smallest absolute Gasteiger partial charge is 0.407 e. The van der Waals surface area contributed by atoms with Gasteiger partial charge in [-0.1, -0.05) is 24.0 Å². The SMILES string of the molecule is CNC(=O)O[C@H](C(=O)NN(Cc1c(F)cc(C2COC2)cc1F)C[C@H](O)[C@H](Cc1ccc(C#Cc2ccc(N3C[C@@H]4CC[C@@H](C3)N4C3COC3)nc2)cc1)NC(=O)[C@@H](NC(=O)OC)C(C)(C)C(F)(F)F)C(C)(C)C(F)(F)F. The summed E-state index contributed by atoms with van der Waals surface area (Å²) in [4.78, 5) is 62.3. The zero-order valence-electron chi connectivity index (χ0n) is 43.1. The molecule has 17 nitrogen and oxygen atoms in total. The molecule has 7 rings (SSSR count). The number of piperazine rings is 1. The van der Waals surface area contributed by atoms with Gasteiger partial charge in [0, 0.05) is 74.1 Å². The third-order valence-corrected chi connectivity index (χ3v) is 14.7. The van der Waals surface area contributed by atoms with Crippen molar-refractivity contribution in [2.75, 3.05) is 65.1 Å². The Labute approximate surface area is 439 Å². The summed E-state index contributed by atoms with van der Waals surface area (Å²) < 4.78 is 139. The van der Waals surface area contributed by atoms with E-state index in [1.165, 1.54) is 12.1 Å². The first kappa shape index (κ1) is 58.4. The number of alkyl carbamates (subject to hydrolysis) is 2. The molecule has 4 aliphatic rings. The van der Waals surface area contributed by atoms with Crippen LogP contribution in [0, 0.1) is 34.3 Å². The number of nitrogens with zero attached hydrogens (tertiary/aromatic N) is 4. The molecule has 2 aromatic carbocycles. The topological polar surface area (TPSA) is 196 Å². The minimum absolute atomic E-state index is 0.163. The maximum Gasteiger partial charge on any atom is 0.407 e. The molecule has 0 unspecified atom stereocenters. The van der Waals surface area contributed by atoms with Crippen LogP contribution in [0.3, 0.4) is 0 Å². The van der Waals surface area contributed by atoms with Crippen molar-refractivity contribution in [2.45, 2.75) is 114 Å². The molecule has 4 aliphatic heterocycles. The molecule has 4 saturated heterocycles. The number of aromatic nitrogens is 1. The number of hydrogen-bond acceptors (Lipinski definition) is 13. The number of fused-ring (bicyclic) bond motifs is 2. The second-order valence-electron chi connectivity index (χ2n) is 20.8. The number of aliphatic hydroxyl groups is 1. The van der Waals surface area contributed by atoms with Gasteiger partial charge in [-0.25, -0.2) is 28.4 Å². The first-order valence-corrected chi connectivity index (χ1v) is 24.8. The Morgan fingerprint density at radius 3 is 1.90 bits per heavy atom. The van der Waals surface area contributed by atoms with Crippen LogP contribution in [0.25, 0.3) is 0 Å². The number of pyridine rings is 1. The maximum absolute atomic E-state index is 15.9. The first-order valence-electron chi connectivity index (χ1n) is 24.8. The molecule has 420 valence electrons. The number of alkyl halides is 6. The van der Waals surface area contributed by atoms with Gasteiger partial charge in [0.25, 0.3) is 5.91 Å². The van der Waals surface area contributed by atoms with E-state index in [1.54, 1.807) is 18.3 Å². The lowest BCUT2D eigenvalue weighted by atomic mass is 9.82. The maximum atomic E-state index is 15.9. The number of hydrazine groups is 1. The summed E-state index contributed by atoms with van der Waals surface area (Å²) in [5.74, 6) is 1.07. The normalized spacial score (nSPS) is 19.9. The standard InChI is InChI=1S/C52H62F8N8O9/c1-49(2,51(55,56)57)43(64-48(73)74-6)45(70)63-40(17-30-10-7-29(8-11-30)9-12-31-13-16-42(62-20-31)66-21-34-14-15-35(22-66)68(34)36-27-76-28-36)41(69)24-67(23-37-38(53)18-32(19-39(37)54)33-25-75-26-33)65-46(71)44(77-47(72)61-5)50(3,4)52(58,59)60/h7-8,10-11,13,16,18-20,33-36,40-41,43-44,69H,14-15,17,21-28H2,1-6H3,(H,61,72)(H,63,70)(H,64,73)(H,65,71)/t34-,35-,40-,41-,43+,44+/m0/s1. The molecule has 0 radical (unpaired) electrons. The van der Waals surface area contributed by atoms with E-state index in [9.17, 15) is 50.6 Å². The molecule has 4 fully saturated rings. The lowest BCUT2D eigenvalue weighted by molar-refractivity contribution is -0.239. The number of amides is 4. The largest absolute Gasteiger partial charge is 0.453 e. The summed E-state index contributed by atoms with van der Waals surface area (Å²) in [5.41, 5.74) is -3.14. The van der Waals surface area contributed by atoms with Crippen LogP contribution in [0.5, 0.6) is 0 Å². The second-order valence-corrected chi connectivity index (χ2v) is 20.8. The molecule has 0 spiro atoms. The van der Waals surface area contributed by atoms with E-state index in [4.69, 9.17) is 14.2 Å². The van der Waals surface area contributed by atoms with Crippen LogP contribution in [-0.2, 0) is 41.5 Å². The molecule has 2 bridgehead atoms. The quantitative estimate of drug-likeness (QED) is 0.0612. The molecule has 6 atom stereocenters. The molecule has 0 aliphatic carbocycles. The molecule has 3 aromatic rings. The minimum Gasteiger partial charge on any atom is -0.453 e. The molecule has 5 N–H and O–H groups in total. The van der Waals surface area contributed by atoms with Gasteiger partial charge in [0.1, 0.15) is 28.9 Å². The van der Waals surface area contributed by atoms with Crippen molar-refractivity contribution in [3.05, 3.63) is 94.2 Å². The number of rotatable bonds is 18. The molecule has 25 heteroatoms. The number of hydrogen-bond donors (Lipinski definition) is 5. The van der Waals surface area contributed by atoms with Gasteiger partial charge in [-0.05, 0) is 94.5 Å². The zero-order valence-corrected chi connectivity index (χ0v) is 43.1. The predicted molar refractivity (Wildman–Crippen MR) is 261 cm³/mol. The van der Waals surface area contributed by atoms with Crippen LogP contribution in [0.4, 0.5) is 50.5 Å². The average Bonchev–Trinajstić information content (AvgIpc) is 3.56. The number of methoxy groups -OCH3 is 1. The van der Waals surface area contributed by atoms with E-state index >= 15 is 8.78 Å². The number of carbonyl (C=O) groups is 4. The van der Waals surface area contributed by atoms with Gasteiger partial charge in [-0.15, -0.1) is 0 Å². The van der Waals surface area contributed by atoms with Crippen molar-refractivity contribution in [1.82, 2.24) is 36.3 Å². The Bertz CT molecular complexity index is 2620. The molecule has 5 heterocycles. The van der Waals surface area contributed by atoms with Crippen LogP contribution >= 0.6 is 0 Å². The highest BCUT2D eigenvalue weighted by atomic mass is 19.4. The van der Waals surface area contributed by atoms with Crippen molar-refractivity contribution in [1.29, 1.82) is 0 Å². The van der Waals surface area contributed by atoms with Crippen molar-refractivity contribution in [2.24, 2.45) is 10.8 Å². The highest BCUT2D eigenvalue weighted by molar-refractivity contribution is 5.87. The number of carbonyl (C=O) groups excluding carboxylic acids is 4. The van der Waals surface area contributed by atoms with E-state index in [2.05, 4.69) is 42.1 Å². The lowest BCUT2D eigenvalue weighted by Crippen LogP contribution is -2.62. The number of anilines is 1. The Morgan fingerprint density at radius 2 is 1.39 bits per heavy atom. The summed E-state index contributed by atoms with van der Waals surface area (Å²) in [5, 5.41) is 18.8. The Balaban J connectivity index is 1.16. The lowest BCUT2D eigenvalue weighted by Gasteiger charge is -2.47. The Morgan fingerprint density at radius 1 is 0.805 bits per heavy atom. The minimum atomic E-state index is -5.20. The molecule has 77 heavy (non-hydrogen) atoms. The molecular formula is C52H62F8N8O9. The number of aliphatic hydroxyl groups excluding tert-OH is 1. The third kappa shape index (κ3) is 13.5. The monoisotopic (exact) mass is 1090 g/mol. The Kier molecular flexibility index (Phi) is 18.0. The summed E-state index contributed by atoms with van der Waals surface area (Å²) in [6.45, 7) is 3.91. The van der Waals surface area contributed by atoms with Crippen LogP contribution < -0.4 is 26.3 Å². The summed E-state index contributed by atoms with van der Waals surface area (Å²) in [7, 11) is 1.86. The predicted octanol–water partition coefficient (Wildman–Crippen LogP) is 5.47. The molecular weight excluding hydrogens is 1030 g/mol. The van der Waals surface area contributed by atoms with Crippen molar-refractivity contribution >= 4 is 29.8 Å². The van der Waals surface area contributed by atoms with Crippen LogP contribution in [0.1, 0.15) is 74.3 Å². The highest BCUT2D eigenvalue weighted by Gasteiger charge is 2.58. The van der Waals surface area contributed by atoms with Crippen molar-refractivity contribution in [3.8, 4) is 11.8 Å². The average molecular weight is 1100 g/mol. The fourth-order valence-electron chi connectivity index (χ4n) is 9.54. The van der Waals surface area contributed by atoms with Gasteiger partial charge in [0.15, 0.2) is 6.10 Å².